The van der Waals surface area contributed by atoms with Crippen LogP contribution in [0.25, 0.3) is 11.1 Å². The zero-order valence-electron chi connectivity index (χ0n) is 22.6. The van der Waals surface area contributed by atoms with E-state index >= 15 is 0 Å². The van der Waals surface area contributed by atoms with Gasteiger partial charge in [0.1, 0.15) is 11.9 Å². The molecule has 3 nitrogen and oxygen atoms in total. The maximum Gasteiger partial charge on any atom is 0.387 e. The summed E-state index contributed by atoms with van der Waals surface area (Å²) in [5.41, 5.74) is 7.10. The molecule has 0 saturated carbocycles. The highest BCUT2D eigenvalue weighted by Crippen LogP contribution is 2.41. The van der Waals surface area contributed by atoms with Crippen molar-refractivity contribution in [1.82, 2.24) is 4.90 Å². The van der Waals surface area contributed by atoms with Crippen LogP contribution in [0.5, 0.6) is 11.5 Å². The summed E-state index contributed by atoms with van der Waals surface area (Å²) in [5.74, 6) is -0.507. The molecule has 40 heavy (non-hydrogen) atoms. The molecule has 2 aliphatic rings. The van der Waals surface area contributed by atoms with E-state index in [-0.39, 0.29) is 12.8 Å². The number of fused-ring (bicyclic) bond motifs is 1. The second-order valence-corrected chi connectivity index (χ2v) is 11.0. The Hall–Kier alpha value is -2.89. The van der Waals surface area contributed by atoms with E-state index in [0.717, 1.165) is 66.9 Å². The number of benzene rings is 3. The molecule has 1 fully saturated rings. The van der Waals surface area contributed by atoms with Gasteiger partial charge in [-0.2, -0.15) is 8.78 Å². The molecule has 2 atom stereocenters. The van der Waals surface area contributed by atoms with Crippen molar-refractivity contribution in [3.63, 3.8) is 0 Å². The molecule has 1 aliphatic heterocycles. The van der Waals surface area contributed by atoms with Gasteiger partial charge in [0.05, 0.1) is 6.67 Å². The summed E-state index contributed by atoms with van der Waals surface area (Å²) in [6, 6.07) is 16.4. The summed E-state index contributed by atoms with van der Waals surface area (Å²) < 4.78 is 63.4. The number of ether oxygens (including phenoxy) is 2. The molecule has 0 amide bonds. The van der Waals surface area contributed by atoms with Gasteiger partial charge < -0.3 is 9.47 Å². The summed E-state index contributed by atoms with van der Waals surface area (Å²) in [4.78, 5) is 2.23. The highest BCUT2D eigenvalue weighted by atomic mass is 31.0. The number of likely N-dealkylation sites (tertiary alicyclic amines) is 1. The molecule has 1 heterocycles. The molecular weight excluding hydrogens is 537 g/mol. The highest BCUT2D eigenvalue weighted by molar-refractivity contribution is 7.27. The Labute approximate surface area is 235 Å². The number of rotatable bonds is 9. The summed E-state index contributed by atoms with van der Waals surface area (Å²) in [6.45, 7) is 1.14. The van der Waals surface area contributed by atoms with E-state index in [0.29, 0.717) is 18.4 Å². The van der Waals surface area contributed by atoms with Gasteiger partial charge in [-0.25, -0.2) is 4.39 Å². The van der Waals surface area contributed by atoms with E-state index in [2.05, 4.69) is 37.9 Å². The molecule has 8 heteroatoms. The average Bonchev–Trinajstić information content (AvgIpc) is 3.29. The predicted molar refractivity (Wildman–Crippen MR) is 155 cm³/mol. The Morgan fingerprint density at radius 3 is 2.52 bits per heavy atom. The van der Waals surface area contributed by atoms with Crippen molar-refractivity contribution in [3.8, 4) is 11.5 Å². The monoisotopic (exact) mass is 571 g/mol. The first-order valence-electron chi connectivity index (χ1n) is 13.8. The molecule has 0 bridgehead atoms. The second-order valence-electron chi connectivity index (χ2n) is 10.4. The lowest BCUT2D eigenvalue weighted by Crippen LogP contribution is -2.26. The van der Waals surface area contributed by atoms with Crippen LogP contribution in [-0.2, 0) is 6.42 Å². The number of nitrogens with zero attached hydrogens (tertiary/aromatic N) is 1. The molecule has 2 unspecified atom stereocenters. The third kappa shape index (κ3) is 6.37. The number of allylic oxidation sites excluding steroid dienone is 1. The van der Waals surface area contributed by atoms with Crippen LogP contribution in [0.3, 0.4) is 0 Å². The highest BCUT2D eigenvalue weighted by Gasteiger charge is 2.25. The second kappa shape index (κ2) is 12.7. The first kappa shape index (κ1) is 28.6. The van der Waals surface area contributed by atoms with Gasteiger partial charge in [0.25, 0.3) is 0 Å². The van der Waals surface area contributed by atoms with Crippen LogP contribution in [0.2, 0.25) is 0 Å². The van der Waals surface area contributed by atoms with E-state index in [1.165, 1.54) is 28.6 Å². The fraction of sp³-hybridized carbons (Fsp3) is 0.375. The fourth-order valence-electron chi connectivity index (χ4n) is 5.79. The van der Waals surface area contributed by atoms with Gasteiger partial charge in [0, 0.05) is 19.6 Å². The van der Waals surface area contributed by atoms with Crippen molar-refractivity contribution in [2.75, 3.05) is 26.3 Å². The molecule has 0 aromatic heterocycles. The van der Waals surface area contributed by atoms with Gasteiger partial charge in [-0.3, -0.25) is 9.29 Å². The van der Waals surface area contributed by atoms with Crippen molar-refractivity contribution in [2.24, 2.45) is 0 Å². The molecular formula is C32H34F4NO2P. The van der Waals surface area contributed by atoms with Crippen molar-refractivity contribution < 1.29 is 27.0 Å². The Morgan fingerprint density at radius 1 is 1.02 bits per heavy atom. The summed E-state index contributed by atoms with van der Waals surface area (Å²) in [7, 11) is 2.87. The molecule has 0 N–H and O–H groups in total. The quantitative estimate of drug-likeness (QED) is 0.198. The third-order valence-electron chi connectivity index (χ3n) is 7.78. The third-order valence-corrected chi connectivity index (χ3v) is 8.58. The minimum atomic E-state index is -3.09. The lowest BCUT2D eigenvalue weighted by atomic mass is 9.87. The maximum absolute atomic E-state index is 14.8. The number of hydrogen-bond acceptors (Lipinski definition) is 3. The molecule has 3 aromatic carbocycles. The van der Waals surface area contributed by atoms with Gasteiger partial charge in [0.2, 0.25) is 0 Å². The summed E-state index contributed by atoms with van der Waals surface area (Å²) >= 11 is 0. The maximum atomic E-state index is 14.8. The Kier molecular flexibility index (Phi) is 9.12. The predicted octanol–water partition coefficient (Wildman–Crippen LogP) is 7.34. The van der Waals surface area contributed by atoms with Crippen molar-refractivity contribution in [1.29, 1.82) is 0 Å². The van der Waals surface area contributed by atoms with Gasteiger partial charge in [-0.15, -0.1) is 9.24 Å². The van der Waals surface area contributed by atoms with Crippen molar-refractivity contribution in [2.45, 2.75) is 51.7 Å². The van der Waals surface area contributed by atoms with E-state index in [1.807, 2.05) is 24.3 Å². The van der Waals surface area contributed by atoms with Gasteiger partial charge in [0.15, 0.2) is 11.6 Å². The largest absolute Gasteiger partial charge is 0.489 e. The Bertz CT molecular complexity index is 1380. The van der Waals surface area contributed by atoms with E-state index in [9.17, 15) is 17.6 Å². The van der Waals surface area contributed by atoms with E-state index < -0.39 is 18.2 Å². The first-order chi connectivity index (χ1) is 19.3. The molecule has 0 spiro atoms. The molecule has 5 rings (SSSR count). The smallest absolute Gasteiger partial charge is 0.387 e. The summed E-state index contributed by atoms with van der Waals surface area (Å²) in [5, 5.41) is 1.17. The Morgan fingerprint density at radius 2 is 1.80 bits per heavy atom. The zero-order valence-corrected chi connectivity index (χ0v) is 23.7. The van der Waals surface area contributed by atoms with Gasteiger partial charge in [-0.1, -0.05) is 30.3 Å². The number of aryl methyl sites for hydroxylation is 1. The minimum absolute atomic E-state index is 0.0680. The molecule has 0 radical (unpaired) electrons. The minimum Gasteiger partial charge on any atom is -0.489 e. The van der Waals surface area contributed by atoms with Crippen LogP contribution in [0, 0.1) is 12.7 Å². The van der Waals surface area contributed by atoms with Crippen LogP contribution >= 0.6 is 9.24 Å². The van der Waals surface area contributed by atoms with Crippen LogP contribution in [0.1, 0.15) is 53.5 Å². The lowest BCUT2D eigenvalue weighted by molar-refractivity contribution is -0.0521. The first-order valence-corrected chi connectivity index (χ1v) is 14.3. The molecule has 3 aromatic rings. The van der Waals surface area contributed by atoms with Crippen LogP contribution in [0.4, 0.5) is 17.6 Å². The lowest BCUT2D eigenvalue weighted by Gasteiger charge is -2.20. The zero-order chi connectivity index (χ0) is 28.2. The van der Waals surface area contributed by atoms with E-state index in [1.54, 1.807) is 6.07 Å². The summed E-state index contributed by atoms with van der Waals surface area (Å²) in [6.07, 6.45) is 3.97. The molecule has 1 aliphatic carbocycles. The van der Waals surface area contributed by atoms with E-state index in [4.69, 9.17) is 4.74 Å². The topological polar surface area (TPSA) is 21.7 Å². The fourth-order valence-corrected chi connectivity index (χ4v) is 6.18. The number of alkyl halides is 3. The van der Waals surface area contributed by atoms with Gasteiger partial charge in [-0.05, 0) is 108 Å². The van der Waals surface area contributed by atoms with Crippen LogP contribution in [-0.4, -0.2) is 43.9 Å². The van der Waals surface area contributed by atoms with Crippen molar-refractivity contribution in [3.05, 3.63) is 88.2 Å². The molecule has 1 saturated heterocycles. The van der Waals surface area contributed by atoms with Gasteiger partial charge >= 0.3 is 6.61 Å². The average molecular weight is 572 g/mol. The number of hydrogen-bond donors (Lipinski definition) is 0. The Balaban J connectivity index is 1.51. The standard InChI is InChI=1S/C32H34F4NO2P/c1-20-6-12-26-27(31(20)40)5-2-4-25(22-9-13-29(28(34)18-22)39-32(35)36)30(26)21-7-10-23(11-8-21)38-24-14-17-37(19-24)16-3-15-33/h6-13,18,24,32H,2-5,14-17,19,40H2,1H3. The molecule has 212 valence electrons. The van der Waals surface area contributed by atoms with Crippen LogP contribution < -0.4 is 14.8 Å². The van der Waals surface area contributed by atoms with Crippen LogP contribution in [0.15, 0.2) is 54.6 Å². The van der Waals surface area contributed by atoms with Crippen molar-refractivity contribution >= 4 is 25.7 Å². The SMILES string of the molecule is Cc1ccc2c(c1P)CCCC(c1ccc(OC(F)F)c(F)c1)=C2c1ccc(OC2CCN(CCCF)C2)cc1. The number of halogens is 4. The normalized spacial score (nSPS) is 17.7.